The summed E-state index contributed by atoms with van der Waals surface area (Å²) >= 11 is 1.61. The zero-order valence-corrected chi connectivity index (χ0v) is 9.45. The molecule has 15 heavy (non-hydrogen) atoms. The van der Waals surface area contributed by atoms with Crippen molar-refractivity contribution in [2.75, 3.05) is 5.73 Å². The minimum Gasteiger partial charge on any atom is -0.368 e. The number of nitrogens with two attached hydrogens (primary N) is 1. The highest BCUT2D eigenvalue weighted by Gasteiger charge is 2.09. The summed E-state index contributed by atoms with van der Waals surface area (Å²) in [6, 6.07) is 1.98. The number of nitrogens with zero attached hydrogens (tertiary/aromatic N) is 3. The van der Waals surface area contributed by atoms with E-state index in [0.717, 1.165) is 11.4 Å². The number of rotatable bonds is 2. The zero-order chi connectivity index (χ0) is 10.8. The van der Waals surface area contributed by atoms with Gasteiger partial charge in [0.15, 0.2) is 5.82 Å². The molecule has 0 bridgehead atoms. The van der Waals surface area contributed by atoms with Gasteiger partial charge in [-0.05, 0) is 11.4 Å². The SMILES string of the molecule is CC(C)c1nc(N)nc(-c2ccsc2)n1. The molecule has 0 fully saturated rings. The van der Waals surface area contributed by atoms with Crippen molar-refractivity contribution in [3.05, 3.63) is 22.7 Å². The second-order valence-corrected chi connectivity index (χ2v) is 4.32. The molecule has 0 atom stereocenters. The van der Waals surface area contributed by atoms with Crippen molar-refractivity contribution in [2.24, 2.45) is 0 Å². The lowest BCUT2D eigenvalue weighted by atomic mass is 10.2. The molecule has 0 unspecified atom stereocenters. The van der Waals surface area contributed by atoms with E-state index in [-0.39, 0.29) is 11.9 Å². The Balaban J connectivity index is 2.49. The van der Waals surface area contributed by atoms with Crippen LogP contribution in [0.15, 0.2) is 16.8 Å². The van der Waals surface area contributed by atoms with Crippen LogP contribution in [0.1, 0.15) is 25.6 Å². The molecule has 0 aliphatic heterocycles. The highest BCUT2D eigenvalue weighted by atomic mass is 32.1. The molecule has 2 heterocycles. The minimum absolute atomic E-state index is 0.257. The molecule has 2 aromatic rings. The maximum atomic E-state index is 5.64. The fourth-order valence-corrected chi connectivity index (χ4v) is 1.82. The second kappa shape index (κ2) is 3.94. The van der Waals surface area contributed by atoms with Crippen molar-refractivity contribution in [3.8, 4) is 11.4 Å². The number of nitrogen functional groups attached to an aromatic ring is 1. The molecule has 0 saturated heterocycles. The Morgan fingerprint density at radius 2 is 2.07 bits per heavy atom. The largest absolute Gasteiger partial charge is 0.368 e. The first-order chi connectivity index (χ1) is 7.16. The molecule has 4 nitrogen and oxygen atoms in total. The van der Waals surface area contributed by atoms with Gasteiger partial charge < -0.3 is 5.73 Å². The van der Waals surface area contributed by atoms with E-state index in [9.17, 15) is 0 Å². The monoisotopic (exact) mass is 220 g/mol. The van der Waals surface area contributed by atoms with Gasteiger partial charge in [-0.2, -0.15) is 21.3 Å². The van der Waals surface area contributed by atoms with Gasteiger partial charge in [0.1, 0.15) is 5.82 Å². The van der Waals surface area contributed by atoms with E-state index in [1.807, 2.05) is 30.7 Å². The molecule has 78 valence electrons. The van der Waals surface area contributed by atoms with Crippen molar-refractivity contribution < 1.29 is 0 Å². The van der Waals surface area contributed by atoms with Gasteiger partial charge in [-0.25, -0.2) is 4.98 Å². The molecule has 0 aliphatic carbocycles. The Hall–Kier alpha value is -1.49. The van der Waals surface area contributed by atoms with E-state index in [1.165, 1.54) is 0 Å². The molecular formula is C10H12N4S. The molecule has 2 rings (SSSR count). The summed E-state index contributed by atoms with van der Waals surface area (Å²) in [5.41, 5.74) is 6.64. The standard InChI is InChI=1S/C10H12N4S/c1-6(2)8-12-9(14-10(11)13-8)7-3-4-15-5-7/h3-6H,1-2H3,(H2,11,12,13,14). The van der Waals surface area contributed by atoms with E-state index in [0.29, 0.717) is 5.82 Å². The Morgan fingerprint density at radius 1 is 1.27 bits per heavy atom. The molecule has 2 aromatic heterocycles. The highest BCUT2D eigenvalue weighted by molar-refractivity contribution is 7.08. The third kappa shape index (κ3) is 2.12. The maximum absolute atomic E-state index is 5.64. The van der Waals surface area contributed by atoms with E-state index in [4.69, 9.17) is 5.73 Å². The smallest absolute Gasteiger partial charge is 0.223 e. The minimum atomic E-state index is 0.257. The number of anilines is 1. The normalized spacial score (nSPS) is 10.9. The fourth-order valence-electron chi connectivity index (χ4n) is 1.19. The number of aromatic nitrogens is 3. The van der Waals surface area contributed by atoms with Crippen molar-refractivity contribution in [3.63, 3.8) is 0 Å². The van der Waals surface area contributed by atoms with Crippen LogP contribution in [-0.2, 0) is 0 Å². The molecule has 0 saturated carbocycles. The molecular weight excluding hydrogens is 208 g/mol. The molecule has 5 heteroatoms. The Labute approximate surface area is 92.2 Å². The molecule has 0 amide bonds. The van der Waals surface area contributed by atoms with Crippen LogP contribution in [0.25, 0.3) is 11.4 Å². The van der Waals surface area contributed by atoms with Crippen molar-refractivity contribution >= 4 is 17.3 Å². The number of hydrogen-bond donors (Lipinski definition) is 1. The lowest BCUT2D eigenvalue weighted by Gasteiger charge is -2.05. The fraction of sp³-hybridized carbons (Fsp3) is 0.300. The van der Waals surface area contributed by atoms with Crippen molar-refractivity contribution in [1.29, 1.82) is 0 Å². The summed E-state index contributed by atoms with van der Waals surface area (Å²) in [5, 5.41) is 3.99. The Morgan fingerprint density at radius 3 is 2.67 bits per heavy atom. The van der Waals surface area contributed by atoms with E-state index in [1.54, 1.807) is 11.3 Å². The van der Waals surface area contributed by atoms with Gasteiger partial charge in [0.05, 0.1) is 0 Å². The number of thiophene rings is 1. The van der Waals surface area contributed by atoms with Crippen LogP contribution in [0, 0.1) is 0 Å². The van der Waals surface area contributed by atoms with Crippen molar-refractivity contribution in [2.45, 2.75) is 19.8 Å². The topological polar surface area (TPSA) is 64.7 Å². The third-order valence-electron chi connectivity index (χ3n) is 1.97. The predicted octanol–water partition coefficient (Wildman–Crippen LogP) is 2.31. The van der Waals surface area contributed by atoms with Gasteiger partial charge in [0, 0.05) is 16.9 Å². The Bertz CT molecular complexity index is 450. The van der Waals surface area contributed by atoms with Gasteiger partial charge in [-0.3, -0.25) is 0 Å². The van der Waals surface area contributed by atoms with Crippen LogP contribution in [0.2, 0.25) is 0 Å². The van der Waals surface area contributed by atoms with Crippen LogP contribution in [0.5, 0.6) is 0 Å². The third-order valence-corrected chi connectivity index (χ3v) is 2.65. The lowest BCUT2D eigenvalue weighted by molar-refractivity contribution is 0.767. The van der Waals surface area contributed by atoms with Gasteiger partial charge in [-0.15, -0.1) is 0 Å². The van der Waals surface area contributed by atoms with Gasteiger partial charge in [0.2, 0.25) is 5.95 Å². The first-order valence-corrected chi connectivity index (χ1v) is 5.65. The molecule has 0 aromatic carbocycles. The predicted molar refractivity (Wildman–Crippen MR) is 61.6 cm³/mol. The van der Waals surface area contributed by atoms with Gasteiger partial charge in [-0.1, -0.05) is 13.8 Å². The molecule has 0 aliphatic rings. The van der Waals surface area contributed by atoms with Gasteiger partial charge in [0.25, 0.3) is 0 Å². The summed E-state index contributed by atoms with van der Waals surface area (Å²) in [7, 11) is 0. The summed E-state index contributed by atoms with van der Waals surface area (Å²) in [4.78, 5) is 12.6. The van der Waals surface area contributed by atoms with Crippen LogP contribution < -0.4 is 5.73 Å². The highest BCUT2D eigenvalue weighted by Crippen LogP contribution is 2.20. The average molecular weight is 220 g/mol. The quantitative estimate of drug-likeness (QED) is 0.843. The summed E-state index contributed by atoms with van der Waals surface area (Å²) in [5.74, 6) is 1.94. The van der Waals surface area contributed by atoms with Crippen LogP contribution in [0.3, 0.4) is 0 Å². The summed E-state index contributed by atoms with van der Waals surface area (Å²) in [6.07, 6.45) is 0. The van der Waals surface area contributed by atoms with Crippen LogP contribution >= 0.6 is 11.3 Å². The molecule has 0 spiro atoms. The zero-order valence-electron chi connectivity index (χ0n) is 8.64. The first kappa shape index (κ1) is 10.0. The van der Waals surface area contributed by atoms with E-state index < -0.39 is 0 Å². The Kier molecular flexibility index (Phi) is 2.64. The summed E-state index contributed by atoms with van der Waals surface area (Å²) in [6.45, 7) is 4.07. The maximum Gasteiger partial charge on any atom is 0.223 e. The van der Waals surface area contributed by atoms with Crippen LogP contribution in [0.4, 0.5) is 5.95 Å². The second-order valence-electron chi connectivity index (χ2n) is 3.54. The van der Waals surface area contributed by atoms with Crippen molar-refractivity contribution in [1.82, 2.24) is 15.0 Å². The molecule has 2 N–H and O–H groups in total. The lowest BCUT2D eigenvalue weighted by Crippen LogP contribution is -2.05. The summed E-state index contributed by atoms with van der Waals surface area (Å²) < 4.78 is 0. The van der Waals surface area contributed by atoms with Gasteiger partial charge >= 0.3 is 0 Å². The number of hydrogen-bond acceptors (Lipinski definition) is 5. The average Bonchev–Trinajstić information content (AvgIpc) is 2.69. The molecule has 0 radical (unpaired) electrons. The van der Waals surface area contributed by atoms with Crippen LogP contribution in [-0.4, -0.2) is 15.0 Å². The van der Waals surface area contributed by atoms with E-state index >= 15 is 0 Å². The first-order valence-electron chi connectivity index (χ1n) is 4.71. The van der Waals surface area contributed by atoms with E-state index in [2.05, 4.69) is 15.0 Å².